The zero-order chi connectivity index (χ0) is 10.6. The fraction of sp³-hybridized carbons (Fsp3) is 0.714. The molecule has 0 atom stereocenters. The van der Waals surface area contributed by atoms with E-state index in [-0.39, 0.29) is 11.9 Å². The summed E-state index contributed by atoms with van der Waals surface area (Å²) in [7, 11) is 2.07. The third kappa shape index (κ3) is 3.48. The topological polar surface area (TPSA) is 109 Å². The van der Waals surface area contributed by atoms with Crippen LogP contribution >= 0.6 is 0 Å². The van der Waals surface area contributed by atoms with E-state index < -0.39 is 0 Å². The lowest BCUT2D eigenvalue weighted by Gasteiger charge is -2.30. The third-order valence-corrected chi connectivity index (χ3v) is 1.97. The smallest absolute Gasteiger partial charge is 0.240 e. The molecule has 7 nitrogen and oxygen atoms in total. The second-order valence-electron chi connectivity index (χ2n) is 3.25. The molecule has 1 heterocycles. The summed E-state index contributed by atoms with van der Waals surface area (Å²) in [5.74, 6) is 0.0370. The Bertz CT molecular complexity index is 234. The van der Waals surface area contributed by atoms with Gasteiger partial charge in [0.05, 0.1) is 0 Å². The van der Waals surface area contributed by atoms with Crippen LogP contribution in [0.4, 0.5) is 0 Å². The monoisotopic (exact) mass is 199 g/mol. The van der Waals surface area contributed by atoms with E-state index in [1.54, 1.807) is 0 Å². The molecule has 0 radical (unpaired) electrons. The summed E-state index contributed by atoms with van der Waals surface area (Å²) in [5, 5.41) is 5.93. The van der Waals surface area contributed by atoms with Crippen molar-refractivity contribution in [1.29, 1.82) is 0 Å². The van der Waals surface area contributed by atoms with Crippen molar-refractivity contribution in [3.63, 3.8) is 0 Å². The quantitative estimate of drug-likeness (QED) is 0.326. The first kappa shape index (κ1) is 10.6. The standard InChI is InChI=1S/C7H17N7/c1-13-2-4-14(5-3-13)12-7(10)11-6(8)9/h2-5H2,1H3,(H6,8,9,10,11,12). The Morgan fingerprint density at radius 2 is 1.64 bits per heavy atom. The van der Waals surface area contributed by atoms with Crippen molar-refractivity contribution in [1.82, 2.24) is 9.91 Å². The maximum atomic E-state index is 5.49. The normalized spacial score (nSPS) is 19.5. The first-order valence-electron chi connectivity index (χ1n) is 4.45. The fourth-order valence-electron chi connectivity index (χ4n) is 1.20. The number of hydrogen-bond acceptors (Lipinski definition) is 3. The molecule has 0 unspecified atom stereocenters. The number of likely N-dealkylation sites (N-methyl/N-ethyl adjacent to an activating group) is 1. The Kier molecular flexibility index (Phi) is 3.52. The molecule has 80 valence electrons. The number of aliphatic imine (C=N–C) groups is 1. The Hall–Kier alpha value is -1.50. The van der Waals surface area contributed by atoms with Crippen LogP contribution < -0.4 is 17.2 Å². The molecule has 0 amide bonds. The van der Waals surface area contributed by atoms with Crippen LogP contribution in [0.5, 0.6) is 0 Å². The summed E-state index contributed by atoms with van der Waals surface area (Å²) in [6.07, 6.45) is 0. The van der Waals surface area contributed by atoms with E-state index in [4.69, 9.17) is 17.2 Å². The molecule has 0 aromatic heterocycles. The van der Waals surface area contributed by atoms with Crippen LogP contribution in [0, 0.1) is 0 Å². The van der Waals surface area contributed by atoms with Crippen molar-refractivity contribution < 1.29 is 0 Å². The first-order chi connectivity index (χ1) is 6.58. The largest absolute Gasteiger partial charge is 0.370 e. The van der Waals surface area contributed by atoms with Gasteiger partial charge in [-0.25, -0.2) is 0 Å². The molecule has 0 spiro atoms. The lowest BCUT2D eigenvalue weighted by molar-refractivity contribution is 0.158. The van der Waals surface area contributed by atoms with Crippen molar-refractivity contribution in [2.75, 3.05) is 33.2 Å². The highest BCUT2D eigenvalue weighted by Gasteiger charge is 2.11. The predicted molar refractivity (Wildman–Crippen MR) is 56.5 cm³/mol. The SMILES string of the molecule is CN1CCN(/N=C(\N)N=C(N)N)CC1. The molecule has 1 saturated heterocycles. The molecule has 1 rings (SSSR count). The summed E-state index contributed by atoms with van der Waals surface area (Å²) in [6, 6.07) is 0. The van der Waals surface area contributed by atoms with Crippen LogP contribution in [0.3, 0.4) is 0 Å². The maximum absolute atomic E-state index is 5.49. The first-order valence-corrected chi connectivity index (χ1v) is 4.45. The maximum Gasteiger partial charge on any atom is 0.240 e. The number of guanidine groups is 2. The van der Waals surface area contributed by atoms with Gasteiger partial charge in [0.15, 0.2) is 5.96 Å². The summed E-state index contributed by atoms with van der Waals surface area (Å²) < 4.78 is 0. The zero-order valence-corrected chi connectivity index (χ0v) is 8.35. The van der Waals surface area contributed by atoms with E-state index in [0.717, 1.165) is 26.2 Å². The Balaban J connectivity index is 2.47. The van der Waals surface area contributed by atoms with Crippen molar-refractivity contribution in [3.05, 3.63) is 0 Å². The Labute approximate surface area is 83.2 Å². The van der Waals surface area contributed by atoms with E-state index in [9.17, 15) is 0 Å². The van der Waals surface area contributed by atoms with E-state index in [0.29, 0.717) is 0 Å². The van der Waals surface area contributed by atoms with Gasteiger partial charge in [-0.1, -0.05) is 0 Å². The van der Waals surface area contributed by atoms with Gasteiger partial charge in [0.1, 0.15) is 0 Å². The minimum atomic E-state index is -0.0691. The van der Waals surface area contributed by atoms with Gasteiger partial charge in [-0.15, -0.1) is 5.10 Å². The summed E-state index contributed by atoms with van der Waals surface area (Å²) in [5.41, 5.74) is 15.8. The second kappa shape index (κ2) is 4.66. The molecule has 1 fully saturated rings. The van der Waals surface area contributed by atoms with Gasteiger partial charge in [0, 0.05) is 26.2 Å². The van der Waals surface area contributed by atoms with Crippen LogP contribution in [-0.4, -0.2) is 55.1 Å². The molecule has 6 N–H and O–H groups in total. The summed E-state index contributed by atoms with van der Waals surface area (Å²) >= 11 is 0. The number of hydrazone groups is 1. The van der Waals surface area contributed by atoms with Crippen LogP contribution in [0.25, 0.3) is 0 Å². The number of hydrogen-bond donors (Lipinski definition) is 3. The van der Waals surface area contributed by atoms with E-state index in [1.165, 1.54) is 0 Å². The molecule has 1 aliphatic rings. The van der Waals surface area contributed by atoms with Gasteiger partial charge in [0.2, 0.25) is 5.96 Å². The minimum Gasteiger partial charge on any atom is -0.370 e. The van der Waals surface area contributed by atoms with Crippen molar-refractivity contribution >= 4 is 11.9 Å². The summed E-state index contributed by atoms with van der Waals surface area (Å²) in [6.45, 7) is 3.63. The predicted octanol–water partition coefficient (Wildman–Crippen LogP) is -2.26. The Morgan fingerprint density at radius 1 is 1.07 bits per heavy atom. The van der Waals surface area contributed by atoms with Gasteiger partial charge < -0.3 is 22.1 Å². The van der Waals surface area contributed by atoms with Crippen LogP contribution in [0.1, 0.15) is 0 Å². The zero-order valence-electron chi connectivity index (χ0n) is 8.35. The average Bonchev–Trinajstić information content (AvgIpc) is 2.07. The third-order valence-electron chi connectivity index (χ3n) is 1.97. The molecular formula is C7H17N7. The molecule has 7 heteroatoms. The van der Waals surface area contributed by atoms with Gasteiger partial charge in [-0.05, 0) is 7.05 Å². The van der Waals surface area contributed by atoms with Crippen LogP contribution in [0.15, 0.2) is 10.1 Å². The highest BCUT2D eigenvalue weighted by atomic mass is 15.5. The molecule has 1 aliphatic heterocycles. The summed E-state index contributed by atoms with van der Waals surface area (Å²) in [4.78, 5) is 5.86. The highest BCUT2D eigenvalue weighted by Crippen LogP contribution is 1.98. The average molecular weight is 199 g/mol. The van der Waals surface area contributed by atoms with Crippen LogP contribution in [0.2, 0.25) is 0 Å². The van der Waals surface area contributed by atoms with Gasteiger partial charge in [-0.3, -0.25) is 5.01 Å². The van der Waals surface area contributed by atoms with E-state index in [1.807, 2.05) is 5.01 Å². The van der Waals surface area contributed by atoms with Crippen LogP contribution in [-0.2, 0) is 0 Å². The molecule has 0 aromatic rings. The number of piperazine rings is 1. The second-order valence-corrected chi connectivity index (χ2v) is 3.25. The number of nitrogens with two attached hydrogens (primary N) is 3. The van der Waals surface area contributed by atoms with Crippen molar-refractivity contribution in [2.24, 2.45) is 27.3 Å². The molecule has 0 saturated carbocycles. The fourth-order valence-corrected chi connectivity index (χ4v) is 1.20. The van der Waals surface area contributed by atoms with E-state index >= 15 is 0 Å². The minimum absolute atomic E-state index is 0.0691. The Morgan fingerprint density at radius 3 is 2.14 bits per heavy atom. The molecule has 0 aliphatic carbocycles. The highest BCUT2D eigenvalue weighted by molar-refractivity contribution is 5.92. The van der Waals surface area contributed by atoms with Gasteiger partial charge in [0.25, 0.3) is 0 Å². The molecule has 0 aromatic carbocycles. The van der Waals surface area contributed by atoms with E-state index in [2.05, 4.69) is 22.0 Å². The lowest BCUT2D eigenvalue weighted by Crippen LogP contribution is -2.42. The number of nitrogens with zero attached hydrogens (tertiary/aromatic N) is 4. The van der Waals surface area contributed by atoms with Crippen molar-refractivity contribution in [2.45, 2.75) is 0 Å². The van der Waals surface area contributed by atoms with Gasteiger partial charge >= 0.3 is 0 Å². The van der Waals surface area contributed by atoms with Gasteiger partial charge in [-0.2, -0.15) is 4.99 Å². The molecular weight excluding hydrogens is 182 g/mol. The lowest BCUT2D eigenvalue weighted by atomic mass is 10.4. The van der Waals surface area contributed by atoms with Crippen molar-refractivity contribution in [3.8, 4) is 0 Å². The molecule has 0 bridgehead atoms. The molecule has 14 heavy (non-hydrogen) atoms. The number of rotatable bonds is 1.